The Hall–Kier alpha value is -0.0800. The first-order chi connectivity index (χ1) is 7.40. The second kappa shape index (κ2) is 5.86. The molecule has 0 N–H and O–H groups in total. The second-order valence-corrected chi connectivity index (χ2v) is 5.10. The summed E-state index contributed by atoms with van der Waals surface area (Å²) in [5, 5.41) is 0. The minimum Gasteiger partial charge on any atom is -0.382 e. The van der Waals surface area contributed by atoms with E-state index in [4.69, 9.17) is 9.47 Å². The summed E-state index contributed by atoms with van der Waals surface area (Å²) in [6.45, 7) is 1.52. The predicted octanol–water partition coefficient (Wildman–Crippen LogP) is 3.01. The Kier molecular flexibility index (Phi) is 4.45. The van der Waals surface area contributed by atoms with E-state index in [2.05, 4.69) is 0 Å². The zero-order valence-corrected chi connectivity index (χ0v) is 9.91. The van der Waals surface area contributed by atoms with Crippen molar-refractivity contribution in [2.75, 3.05) is 20.3 Å². The highest BCUT2D eigenvalue weighted by atomic mass is 16.5. The fraction of sp³-hybridized carbons (Fsp3) is 1.00. The lowest BCUT2D eigenvalue weighted by atomic mass is 9.70. The third-order valence-electron chi connectivity index (χ3n) is 4.13. The van der Waals surface area contributed by atoms with Crippen LogP contribution in [-0.2, 0) is 9.47 Å². The Morgan fingerprint density at radius 1 is 0.933 bits per heavy atom. The van der Waals surface area contributed by atoms with E-state index in [0.717, 1.165) is 25.0 Å². The molecule has 15 heavy (non-hydrogen) atoms. The van der Waals surface area contributed by atoms with Gasteiger partial charge in [0.1, 0.15) is 0 Å². The SMILES string of the molecule is COCCOC1CCC2CCCCC2C1. The average Bonchev–Trinajstić information content (AvgIpc) is 2.29. The lowest BCUT2D eigenvalue weighted by Crippen LogP contribution is -2.32. The van der Waals surface area contributed by atoms with E-state index in [9.17, 15) is 0 Å². The normalized spacial score (nSPS) is 36.2. The maximum absolute atomic E-state index is 5.85. The van der Waals surface area contributed by atoms with Gasteiger partial charge in [-0.05, 0) is 31.1 Å². The zero-order chi connectivity index (χ0) is 10.5. The molecule has 0 spiro atoms. The van der Waals surface area contributed by atoms with E-state index in [1.807, 2.05) is 0 Å². The number of hydrogen-bond donors (Lipinski definition) is 0. The minimum atomic E-state index is 0.527. The molecule has 0 aromatic heterocycles. The molecule has 0 heterocycles. The smallest absolute Gasteiger partial charge is 0.0704 e. The lowest BCUT2D eigenvalue weighted by Gasteiger charge is -2.39. The largest absolute Gasteiger partial charge is 0.382 e. The Morgan fingerprint density at radius 3 is 2.53 bits per heavy atom. The Balaban J connectivity index is 1.71. The van der Waals surface area contributed by atoms with Crippen LogP contribution in [0.1, 0.15) is 44.9 Å². The highest BCUT2D eigenvalue weighted by molar-refractivity contribution is 4.83. The van der Waals surface area contributed by atoms with E-state index >= 15 is 0 Å². The molecule has 2 rings (SSSR count). The molecule has 0 aliphatic heterocycles. The molecule has 0 radical (unpaired) electrons. The van der Waals surface area contributed by atoms with Crippen molar-refractivity contribution in [2.24, 2.45) is 11.8 Å². The van der Waals surface area contributed by atoms with Crippen molar-refractivity contribution in [3.8, 4) is 0 Å². The van der Waals surface area contributed by atoms with Crippen LogP contribution in [0.5, 0.6) is 0 Å². The van der Waals surface area contributed by atoms with Crippen LogP contribution in [-0.4, -0.2) is 26.4 Å². The molecule has 2 nitrogen and oxygen atoms in total. The molecular formula is C13H24O2. The van der Waals surface area contributed by atoms with Crippen molar-refractivity contribution in [2.45, 2.75) is 51.0 Å². The summed E-state index contributed by atoms with van der Waals surface area (Å²) in [6, 6.07) is 0. The number of methoxy groups -OCH3 is 1. The molecule has 3 unspecified atom stereocenters. The van der Waals surface area contributed by atoms with Crippen molar-refractivity contribution in [1.82, 2.24) is 0 Å². The topological polar surface area (TPSA) is 18.5 Å². The van der Waals surface area contributed by atoms with E-state index < -0.39 is 0 Å². The Bertz CT molecular complexity index is 179. The predicted molar refractivity (Wildman–Crippen MR) is 60.9 cm³/mol. The van der Waals surface area contributed by atoms with Gasteiger partial charge in [0, 0.05) is 7.11 Å². The van der Waals surface area contributed by atoms with Gasteiger partial charge in [-0.3, -0.25) is 0 Å². The molecule has 2 heteroatoms. The van der Waals surface area contributed by atoms with Crippen LogP contribution < -0.4 is 0 Å². The van der Waals surface area contributed by atoms with Gasteiger partial charge in [0.15, 0.2) is 0 Å². The van der Waals surface area contributed by atoms with Gasteiger partial charge in [-0.15, -0.1) is 0 Å². The molecular weight excluding hydrogens is 188 g/mol. The summed E-state index contributed by atoms with van der Waals surface area (Å²) in [7, 11) is 1.74. The molecule has 3 atom stereocenters. The highest BCUT2D eigenvalue weighted by Gasteiger charge is 2.32. The first kappa shape index (κ1) is 11.4. The second-order valence-electron chi connectivity index (χ2n) is 5.10. The van der Waals surface area contributed by atoms with Gasteiger partial charge < -0.3 is 9.47 Å². The Labute approximate surface area is 93.3 Å². The number of ether oxygens (including phenoxy) is 2. The molecule has 0 amide bonds. The third kappa shape index (κ3) is 3.18. The molecule has 2 saturated carbocycles. The summed E-state index contributed by atoms with van der Waals surface area (Å²) in [4.78, 5) is 0. The summed E-state index contributed by atoms with van der Waals surface area (Å²) in [5.74, 6) is 2.00. The summed E-state index contributed by atoms with van der Waals surface area (Å²) < 4.78 is 10.9. The van der Waals surface area contributed by atoms with Gasteiger partial charge in [0.25, 0.3) is 0 Å². The molecule has 0 aromatic carbocycles. The van der Waals surface area contributed by atoms with Crippen LogP contribution in [0, 0.1) is 11.8 Å². The Morgan fingerprint density at radius 2 is 1.73 bits per heavy atom. The van der Waals surface area contributed by atoms with Crippen LogP contribution in [0.4, 0.5) is 0 Å². The molecule has 2 fully saturated rings. The third-order valence-corrected chi connectivity index (χ3v) is 4.13. The van der Waals surface area contributed by atoms with Crippen LogP contribution in [0.2, 0.25) is 0 Å². The summed E-state index contributed by atoms with van der Waals surface area (Å²) in [6.07, 6.45) is 10.4. The number of fused-ring (bicyclic) bond motifs is 1. The van der Waals surface area contributed by atoms with Gasteiger partial charge in [0.2, 0.25) is 0 Å². The summed E-state index contributed by atoms with van der Waals surface area (Å²) in [5.41, 5.74) is 0. The molecule has 0 aromatic rings. The lowest BCUT2D eigenvalue weighted by molar-refractivity contribution is -0.0304. The van der Waals surface area contributed by atoms with E-state index in [1.165, 1.54) is 44.9 Å². The van der Waals surface area contributed by atoms with Crippen molar-refractivity contribution in [1.29, 1.82) is 0 Å². The van der Waals surface area contributed by atoms with Crippen LogP contribution in [0.3, 0.4) is 0 Å². The quantitative estimate of drug-likeness (QED) is 0.667. The fourth-order valence-electron chi connectivity index (χ4n) is 3.28. The van der Waals surface area contributed by atoms with Crippen LogP contribution >= 0.6 is 0 Å². The van der Waals surface area contributed by atoms with Crippen molar-refractivity contribution < 1.29 is 9.47 Å². The minimum absolute atomic E-state index is 0.527. The van der Waals surface area contributed by atoms with E-state index in [1.54, 1.807) is 7.11 Å². The number of rotatable bonds is 4. The van der Waals surface area contributed by atoms with Gasteiger partial charge in [0.05, 0.1) is 19.3 Å². The first-order valence-electron chi connectivity index (χ1n) is 6.50. The van der Waals surface area contributed by atoms with Crippen LogP contribution in [0.15, 0.2) is 0 Å². The zero-order valence-electron chi connectivity index (χ0n) is 9.91. The van der Waals surface area contributed by atoms with Crippen molar-refractivity contribution >= 4 is 0 Å². The molecule has 0 bridgehead atoms. The van der Waals surface area contributed by atoms with Crippen LogP contribution in [0.25, 0.3) is 0 Å². The number of hydrogen-bond acceptors (Lipinski definition) is 2. The average molecular weight is 212 g/mol. The van der Waals surface area contributed by atoms with Gasteiger partial charge in [-0.2, -0.15) is 0 Å². The first-order valence-corrected chi connectivity index (χ1v) is 6.50. The van der Waals surface area contributed by atoms with Gasteiger partial charge in [-0.25, -0.2) is 0 Å². The molecule has 88 valence electrons. The van der Waals surface area contributed by atoms with Crippen molar-refractivity contribution in [3.63, 3.8) is 0 Å². The highest BCUT2D eigenvalue weighted by Crippen LogP contribution is 2.41. The van der Waals surface area contributed by atoms with Gasteiger partial charge >= 0.3 is 0 Å². The molecule has 0 saturated heterocycles. The fourth-order valence-corrected chi connectivity index (χ4v) is 3.28. The monoisotopic (exact) mass is 212 g/mol. The summed E-state index contributed by atoms with van der Waals surface area (Å²) >= 11 is 0. The van der Waals surface area contributed by atoms with Crippen molar-refractivity contribution in [3.05, 3.63) is 0 Å². The molecule has 2 aliphatic rings. The molecule has 2 aliphatic carbocycles. The maximum Gasteiger partial charge on any atom is 0.0704 e. The standard InChI is InChI=1S/C13H24O2/c1-14-8-9-15-13-7-6-11-4-2-3-5-12(11)10-13/h11-13H,2-10H2,1H3. The van der Waals surface area contributed by atoms with Gasteiger partial charge in [-0.1, -0.05) is 25.7 Å². The maximum atomic E-state index is 5.85. The van der Waals surface area contributed by atoms with E-state index in [-0.39, 0.29) is 0 Å². The van der Waals surface area contributed by atoms with E-state index in [0.29, 0.717) is 6.10 Å².